The largest absolute Gasteiger partial charge is 0.462 e. The van der Waals surface area contributed by atoms with E-state index in [0.717, 1.165) is 5.56 Å². The predicted octanol–water partition coefficient (Wildman–Crippen LogP) is 9.52. The lowest BCUT2D eigenvalue weighted by atomic mass is 9.83. The Bertz CT molecular complexity index is 1340. The Kier molecular flexibility index (Phi) is 16.8. The van der Waals surface area contributed by atoms with E-state index in [1.165, 1.54) is 28.3 Å². The monoisotopic (exact) mass is 618 g/mol. The lowest BCUT2D eigenvalue weighted by Gasteiger charge is -2.27. The highest BCUT2D eigenvalue weighted by Crippen LogP contribution is 2.48. The zero-order chi connectivity index (χ0) is 29.4. The highest BCUT2D eigenvalue weighted by Gasteiger charge is 2.36. The Balaban J connectivity index is 0.00000484. The van der Waals surface area contributed by atoms with Crippen LogP contribution in [0.4, 0.5) is 0 Å². The highest BCUT2D eigenvalue weighted by molar-refractivity contribution is 5.87. The highest BCUT2D eigenvalue weighted by atomic mass is 16.6. The summed E-state index contributed by atoms with van der Waals surface area (Å²) in [7, 11) is 0. The van der Waals surface area contributed by atoms with Crippen molar-refractivity contribution in [1.29, 1.82) is 0 Å². The van der Waals surface area contributed by atoms with Crippen LogP contribution in [-0.4, -0.2) is 36.7 Å². The fourth-order valence-electron chi connectivity index (χ4n) is 5.20. The van der Waals surface area contributed by atoms with Crippen LogP contribution < -0.4 is 0 Å². The van der Waals surface area contributed by atoms with Gasteiger partial charge in [0.15, 0.2) is 0 Å². The summed E-state index contributed by atoms with van der Waals surface area (Å²) in [4.78, 5) is 38.2. The maximum atomic E-state index is 13.4. The quantitative estimate of drug-likeness (QED) is 0.0922. The van der Waals surface area contributed by atoms with E-state index in [-0.39, 0.29) is 61.2 Å². The minimum Gasteiger partial charge on any atom is -0.462 e. The third-order valence-corrected chi connectivity index (χ3v) is 7.05. The summed E-state index contributed by atoms with van der Waals surface area (Å²) in [5.41, 5.74) is 4.95. The van der Waals surface area contributed by atoms with Crippen LogP contribution in [0.15, 0.2) is 84.9 Å². The zero-order valence-electron chi connectivity index (χ0n) is 24.2. The molecule has 0 bridgehead atoms. The van der Waals surface area contributed by atoms with Gasteiger partial charge in [0.25, 0.3) is 0 Å². The molecule has 0 spiro atoms. The summed E-state index contributed by atoms with van der Waals surface area (Å²) < 4.78 is 16.3. The van der Waals surface area contributed by atoms with Crippen molar-refractivity contribution in [2.24, 2.45) is 11.8 Å². The van der Waals surface area contributed by atoms with Crippen LogP contribution in [0.3, 0.4) is 0 Å². The molecule has 0 N–H and O–H groups in total. The third-order valence-electron chi connectivity index (χ3n) is 7.05. The molecule has 45 heavy (non-hydrogen) atoms. The van der Waals surface area contributed by atoms with Gasteiger partial charge in [0.1, 0.15) is 18.8 Å². The molecule has 0 aromatic heterocycles. The van der Waals surface area contributed by atoms with Crippen molar-refractivity contribution in [2.45, 2.75) is 81.8 Å². The number of rotatable bonds is 11. The maximum Gasteiger partial charge on any atom is 0.330 e. The molecule has 0 aliphatic heterocycles. The van der Waals surface area contributed by atoms with E-state index in [1.807, 2.05) is 75.4 Å². The third kappa shape index (κ3) is 11.4. The number of carbonyl (C=O) groups is 3. The second kappa shape index (κ2) is 18.6. The summed E-state index contributed by atoms with van der Waals surface area (Å²) in [6.45, 7) is 7.17. The van der Waals surface area contributed by atoms with Gasteiger partial charge in [-0.1, -0.05) is 115 Å². The predicted molar refractivity (Wildman–Crippen MR) is 186 cm³/mol. The molecule has 0 fully saturated rings. The second-order valence-corrected chi connectivity index (χ2v) is 11.4. The van der Waals surface area contributed by atoms with Crippen LogP contribution in [0.2, 0.25) is 0 Å². The molecular formula is C39H54O6. The van der Waals surface area contributed by atoms with Gasteiger partial charge >= 0.3 is 17.9 Å². The Hall–Kier alpha value is -4.19. The summed E-state index contributed by atoms with van der Waals surface area (Å²) in [6, 6.07) is 25.9. The molecule has 4 rings (SSSR count). The molecule has 3 aromatic rings. The van der Waals surface area contributed by atoms with E-state index in [4.69, 9.17) is 14.2 Å². The van der Waals surface area contributed by atoms with Crippen LogP contribution in [0.1, 0.15) is 92.9 Å². The van der Waals surface area contributed by atoms with E-state index in [2.05, 4.69) is 24.3 Å². The van der Waals surface area contributed by atoms with Crippen LogP contribution in [0, 0.1) is 11.8 Å². The number of esters is 3. The van der Waals surface area contributed by atoms with Crippen LogP contribution in [-0.2, 0) is 28.6 Å². The molecule has 3 aromatic carbocycles. The minimum absolute atomic E-state index is 0. The number of hydrogen-bond donors (Lipinski definition) is 0. The molecule has 2 atom stereocenters. The summed E-state index contributed by atoms with van der Waals surface area (Å²) in [5, 5.41) is 0. The molecule has 1 aliphatic carbocycles. The van der Waals surface area contributed by atoms with Crippen molar-refractivity contribution in [1.82, 2.24) is 0 Å². The normalized spacial score (nSPS) is 12.9. The SMILES string of the molecule is C.C.C.C.CC(CC(CC1c2ccccc2-c2ccccc21)C(=O)OC(C)(C)C)C(=O)OCCOC(=O)/C=C/c1ccccc1. The van der Waals surface area contributed by atoms with Crippen LogP contribution in [0.5, 0.6) is 0 Å². The van der Waals surface area contributed by atoms with Gasteiger partial charge < -0.3 is 14.2 Å². The molecule has 2 unspecified atom stereocenters. The van der Waals surface area contributed by atoms with Crippen LogP contribution >= 0.6 is 0 Å². The van der Waals surface area contributed by atoms with Crippen molar-refractivity contribution in [2.75, 3.05) is 13.2 Å². The van der Waals surface area contributed by atoms with Crippen molar-refractivity contribution >= 4 is 24.0 Å². The Morgan fingerprint density at radius 2 is 1.24 bits per heavy atom. The number of benzene rings is 3. The number of fused-ring (bicyclic) bond motifs is 3. The average molecular weight is 619 g/mol. The lowest BCUT2D eigenvalue weighted by molar-refractivity contribution is -0.162. The summed E-state index contributed by atoms with van der Waals surface area (Å²) >= 11 is 0. The fraction of sp³-hybridized carbons (Fsp3) is 0.410. The van der Waals surface area contributed by atoms with Gasteiger partial charge in [-0.05, 0) is 67.5 Å². The van der Waals surface area contributed by atoms with Crippen LogP contribution in [0.25, 0.3) is 17.2 Å². The van der Waals surface area contributed by atoms with Gasteiger partial charge in [0, 0.05) is 12.0 Å². The number of carbonyl (C=O) groups excluding carboxylic acids is 3. The van der Waals surface area contributed by atoms with Gasteiger partial charge in [-0.3, -0.25) is 9.59 Å². The molecule has 0 saturated heterocycles. The maximum absolute atomic E-state index is 13.4. The minimum atomic E-state index is -0.649. The fourth-order valence-corrected chi connectivity index (χ4v) is 5.20. The molecule has 246 valence electrons. The molecule has 0 heterocycles. The summed E-state index contributed by atoms with van der Waals surface area (Å²) in [6.07, 6.45) is 3.80. The van der Waals surface area contributed by atoms with E-state index < -0.39 is 29.4 Å². The van der Waals surface area contributed by atoms with E-state index in [1.54, 1.807) is 13.0 Å². The van der Waals surface area contributed by atoms with Gasteiger partial charge in [-0.25, -0.2) is 4.79 Å². The first-order valence-corrected chi connectivity index (χ1v) is 14.1. The first-order chi connectivity index (χ1) is 19.6. The van der Waals surface area contributed by atoms with Gasteiger partial charge in [-0.2, -0.15) is 0 Å². The van der Waals surface area contributed by atoms with Gasteiger partial charge in [-0.15, -0.1) is 0 Å². The second-order valence-electron chi connectivity index (χ2n) is 11.4. The Labute approximate surface area is 271 Å². The smallest absolute Gasteiger partial charge is 0.330 e. The van der Waals surface area contributed by atoms with Gasteiger partial charge in [0.05, 0.1) is 11.8 Å². The molecule has 1 aliphatic rings. The molecular weight excluding hydrogens is 564 g/mol. The van der Waals surface area contributed by atoms with Crippen molar-refractivity contribution < 1.29 is 28.6 Å². The molecule has 0 saturated carbocycles. The van der Waals surface area contributed by atoms with E-state index in [9.17, 15) is 14.4 Å². The zero-order valence-corrected chi connectivity index (χ0v) is 24.2. The first kappa shape index (κ1) is 40.8. The molecule has 0 amide bonds. The standard InChI is InChI=1S/C35H38O6.4CH4/c1-24(33(37)40-21-20-39-32(36)19-18-25-12-6-5-7-13-25)22-26(34(38)41-35(2,3)4)23-31-29-16-10-8-14-27(29)28-15-9-11-17-30(28)31;;;;/h5-19,24,26,31H,20-23H2,1-4H3;4*1H4/b19-18+;;;;. The Morgan fingerprint density at radius 1 is 0.733 bits per heavy atom. The lowest BCUT2D eigenvalue weighted by Crippen LogP contribution is -2.32. The number of hydrogen-bond acceptors (Lipinski definition) is 6. The van der Waals surface area contributed by atoms with E-state index >= 15 is 0 Å². The molecule has 6 nitrogen and oxygen atoms in total. The van der Waals surface area contributed by atoms with Crippen molar-refractivity contribution in [3.05, 3.63) is 102 Å². The number of ether oxygens (including phenoxy) is 3. The van der Waals surface area contributed by atoms with E-state index in [0.29, 0.717) is 6.42 Å². The molecule has 6 heteroatoms. The summed E-state index contributed by atoms with van der Waals surface area (Å²) in [5.74, 6) is -2.32. The van der Waals surface area contributed by atoms with Gasteiger partial charge in [0.2, 0.25) is 0 Å². The van der Waals surface area contributed by atoms with Crippen molar-refractivity contribution in [3.63, 3.8) is 0 Å². The van der Waals surface area contributed by atoms with Crippen molar-refractivity contribution in [3.8, 4) is 11.1 Å². The first-order valence-electron chi connectivity index (χ1n) is 14.1. The Morgan fingerprint density at radius 3 is 1.80 bits per heavy atom. The topological polar surface area (TPSA) is 78.9 Å². The average Bonchev–Trinajstić information content (AvgIpc) is 3.26. The molecule has 0 radical (unpaired) electrons.